The van der Waals surface area contributed by atoms with Crippen molar-refractivity contribution >= 4 is 5.97 Å². The van der Waals surface area contributed by atoms with Crippen molar-refractivity contribution in [3.05, 3.63) is 12.2 Å². The molecule has 0 bridgehead atoms. The van der Waals surface area contributed by atoms with Crippen molar-refractivity contribution in [2.24, 2.45) is 0 Å². The highest BCUT2D eigenvalue weighted by molar-refractivity contribution is 5.71. The van der Waals surface area contributed by atoms with Gasteiger partial charge in [0.15, 0.2) is 5.79 Å². The third-order valence-electron chi connectivity index (χ3n) is 3.23. The van der Waals surface area contributed by atoms with Crippen LogP contribution in [0.4, 0.5) is 0 Å². The topological polar surface area (TPSA) is 54.0 Å². The molecule has 110 valence electrons. The van der Waals surface area contributed by atoms with Gasteiger partial charge in [0, 0.05) is 7.11 Å². The number of hydrogen-bond acceptors (Lipinski definition) is 5. The lowest BCUT2D eigenvalue weighted by atomic mass is 10.1. The number of carbonyl (C=O) groups excluding carboxylic acids is 1. The summed E-state index contributed by atoms with van der Waals surface area (Å²) < 4.78 is 21.8. The molecule has 19 heavy (non-hydrogen) atoms. The quantitative estimate of drug-likeness (QED) is 0.524. The van der Waals surface area contributed by atoms with Crippen molar-refractivity contribution < 1.29 is 23.7 Å². The summed E-state index contributed by atoms with van der Waals surface area (Å²) in [7, 11) is 1.46. The summed E-state index contributed by atoms with van der Waals surface area (Å²) in [6.45, 7) is 6.28. The molecular weight excluding hydrogens is 248 g/mol. The summed E-state index contributed by atoms with van der Waals surface area (Å²) in [6.07, 6.45) is 4.49. The lowest BCUT2D eigenvalue weighted by molar-refractivity contribution is -0.186. The Bertz CT molecular complexity index is 309. The number of ether oxygens (including phenoxy) is 4. The summed E-state index contributed by atoms with van der Waals surface area (Å²) in [5.41, 5.74) is 0. The standard InChI is InChI=1S/C14H24O5/c1-5-8-11(18-13(15)10-16-4)12-9-17-14(6-2,7-3)19-12/h5,8,11-12H,6-7,9-10H2,1-4H3/b8-5+/t11-,12+/m0/s1. The molecule has 2 atom stereocenters. The molecule has 1 rings (SSSR count). The van der Waals surface area contributed by atoms with Crippen LogP contribution in [0.2, 0.25) is 0 Å². The van der Waals surface area contributed by atoms with Crippen LogP contribution in [-0.4, -0.2) is 44.3 Å². The summed E-state index contributed by atoms with van der Waals surface area (Å²) in [5, 5.41) is 0. The molecule has 0 spiro atoms. The van der Waals surface area contributed by atoms with Crippen LogP contribution in [0.1, 0.15) is 33.6 Å². The van der Waals surface area contributed by atoms with Crippen molar-refractivity contribution in [2.45, 2.75) is 51.6 Å². The van der Waals surface area contributed by atoms with Gasteiger partial charge in [0.1, 0.15) is 18.8 Å². The van der Waals surface area contributed by atoms with Crippen LogP contribution in [0.25, 0.3) is 0 Å². The van der Waals surface area contributed by atoms with E-state index in [0.29, 0.717) is 6.61 Å². The summed E-state index contributed by atoms with van der Waals surface area (Å²) in [4.78, 5) is 11.5. The fourth-order valence-corrected chi connectivity index (χ4v) is 2.09. The van der Waals surface area contributed by atoms with Crippen molar-refractivity contribution in [3.63, 3.8) is 0 Å². The van der Waals surface area contributed by atoms with Crippen molar-refractivity contribution in [3.8, 4) is 0 Å². The minimum absolute atomic E-state index is 0.0612. The highest BCUT2D eigenvalue weighted by Crippen LogP contribution is 2.32. The van der Waals surface area contributed by atoms with Crippen LogP contribution in [0.5, 0.6) is 0 Å². The molecule has 1 fully saturated rings. The second-order valence-electron chi connectivity index (χ2n) is 4.50. The van der Waals surface area contributed by atoms with Gasteiger partial charge in [-0.05, 0) is 25.8 Å². The number of rotatable bonds is 7. The predicted octanol–water partition coefficient (Wildman–Crippen LogP) is 2.05. The molecule has 1 aliphatic heterocycles. The van der Waals surface area contributed by atoms with Crippen LogP contribution in [0.3, 0.4) is 0 Å². The van der Waals surface area contributed by atoms with Gasteiger partial charge in [-0.25, -0.2) is 4.79 Å². The first-order chi connectivity index (χ1) is 9.10. The Hall–Kier alpha value is -0.910. The van der Waals surface area contributed by atoms with E-state index in [9.17, 15) is 4.79 Å². The zero-order chi connectivity index (χ0) is 14.3. The molecule has 0 amide bonds. The zero-order valence-electron chi connectivity index (χ0n) is 12.2. The number of carbonyl (C=O) groups is 1. The minimum Gasteiger partial charge on any atom is -0.454 e. The summed E-state index contributed by atoms with van der Waals surface area (Å²) in [5.74, 6) is -0.947. The average molecular weight is 272 g/mol. The van der Waals surface area contributed by atoms with Gasteiger partial charge in [0.2, 0.25) is 0 Å². The van der Waals surface area contributed by atoms with Crippen LogP contribution < -0.4 is 0 Å². The normalized spacial score (nSPS) is 23.7. The van der Waals surface area contributed by atoms with Crippen molar-refractivity contribution in [1.29, 1.82) is 0 Å². The maximum absolute atomic E-state index is 11.5. The Morgan fingerprint density at radius 2 is 2.16 bits per heavy atom. The molecule has 0 aromatic rings. The third-order valence-corrected chi connectivity index (χ3v) is 3.23. The largest absolute Gasteiger partial charge is 0.454 e. The van der Waals surface area contributed by atoms with E-state index < -0.39 is 17.9 Å². The monoisotopic (exact) mass is 272 g/mol. The fraction of sp³-hybridized carbons (Fsp3) is 0.786. The van der Waals surface area contributed by atoms with Crippen LogP contribution in [-0.2, 0) is 23.7 Å². The van der Waals surface area contributed by atoms with Gasteiger partial charge in [-0.2, -0.15) is 0 Å². The van der Waals surface area contributed by atoms with Gasteiger partial charge in [-0.1, -0.05) is 19.9 Å². The Morgan fingerprint density at radius 3 is 2.63 bits per heavy atom. The smallest absolute Gasteiger partial charge is 0.332 e. The Labute approximate surface area is 114 Å². The summed E-state index contributed by atoms with van der Waals surface area (Å²) in [6, 6.07) is 0. The predicted molar refractivity (Wildman–Crippen MR) is 70.7 cm³/mol. The van der Waals surface area contributed by atoms with Gasteiger partial charge in [0.25, 0.3) is 0 Å². The maximum Gasteiger partial charge on any atom is 0.332 e. The molecule has 1 aliphatic rings. The Balaban J connectivity index is 2.65. The van der Waals surface area contributed by atoms with E-state index in [4.69, 9.17) is 18.9 Å². The molecular formula is C14H24O5. The van der Waals surface area contributed by atoms with Gasteiger partial charge < -0.3 is 18.9 Å². The molecule has 0 N–H and O–H groups in total. The maximum atomic E-state index is 11.5. The third kappa shape index (κ3) is 4.30. The molecule has 1 saturated heterocycles. The molecule has 0 saturated carbocycles. The fourth-order valence-electron chi connectivity index (χ4n) is 2.09. The molecule has 0 aromatic carbocycles. The van der Waals surface area contributed by atoms with Gasteiger partial charge in [-0.3, -0.25) is 0 Å². The SMILES string of the molecule is C/C=C/[C@H](OC(=O)COC)[C@H]1COC(CC)(CC)O1. The molecule has 0 unspecified atom stereocenters. The van der Waals surface area contributed by atoms with E-state index in [1.54, 1.807) is 0 Å². The first-order valence-corrected chi connectivity index (χ1v) is 6.73. The first-order valence-electron chi connectivity index (χ1n) is 6.73. The highest BCUT2D eigenvalue weighted by atomic mass is 16.8. The molecule has 5 nitrogen and oxygen atoms in total. The summed E-state index contributed by atoms with van der Waals surface area (Å²) >= 11 is 0. The lowest BCUT2D eigenvalue weighted by Crippen LogP contribution is -2.35. The van der Waals surface area contributed by atoms with Crippen molar-refractivity contribution in [2.75, 3.05) is 20.3 Å². The van der Waals surface area contributed by atoms with Crippen LogP contribution in [0, 0.1) is 0 Å². The lowest BCUT2D eigenvalue weighted by Gasteiger charge is -2.26. The second-order valence-corrected chi connectivity index (χ2v) is 4.50. The highest BCUT2D eigenvalue weighted by Gasteiger charge is 2.42. The van der Waals surface area contributed by atoms with E-state index >= 15 is 0 Å². The second kappa shape index (κ2) is 7.62. The van der Waals surface area contributed by atoms with E-state index in [0.717, 1.165) is 12.8 Å². The van der Waals surface area contributed by atoms with Gasteiger partial charge >= 0.3 is 5.97 Å². The molecule has 0 radical (unpaired) electrons. The Kier molecular flexibility index (Phi) is 6.48. The van der Waals surface area contributed by atoms with Gasteiger partial charge in [0.05, 0.1) is 6.61 Å². The first kappa shape index (κ1) is 16.1. The van der Waals surface area contributed by atoms with E-state index in [-0.39, 0.29) is 12.7 Å². The number of methoxy groups -OCH3 is 1. The molecule has 1 heterocycles. The minimum atomic E-state index is -0.543. The van der Waals surface area contributed by atoms with E-state index in [1.165, 1.54) is 7.11 Å². The molecule has 5 heteroatoms. The molecule has 0 aliphatic carbocycles. The van der Waals surface area contributed by atoms with Crippen LogP contribution in [0.15, 0.2) is 12.2 Å². The van der Waals surface area contributed by atoms with Crippen LogP contribution >= 0.6 is 0 Å². The number of hydrogen-bond donors (Lipinski definition) is 0. The zero-order valence-corrected chi connectivity index (χ0v) is 12.2. The average Bonchev–Trinajstić information content (AvgIpc) is 2.83. The van der Waals surface area contributed by atoms with E-state index in [1.807, 2.05) is 32.9 Å². The number of esters is 1. The van der Waals surface area contributed by atoms with Gasteiger partial charge in [-0.15, -0.1) is 0 Å². The van der Waals surface area contributed by atoms with Crippen molar-refractivity contribution in [1.82, 2.24) is 0 Å². The number of allylic oxidation sites excluding steroid dienone is 1. The molecule has 0 aromatic heterocycles. The van der Waals surface area contributed by atoms with E-state index in [2.05, 4.69) is 0 Å². The Morgan fingerprint density at radius 1 is 1.47 bits per heavy atom.